The van der Waals surface area contributed by atoms with Crippen LogP contribution in [0.4, 0.5) is 5.69 Å². The van der Waals surface area contributed by atoms with Crippen molar-refractivity contribution in [1.82, 2.24) is 0 Å². The first-order valence-corrected chi connectivity index (χ1v) is 5.87. The second kappa shape index (κ2) is 4.18. The van der Waals surface area contributed by atoms with Gasteiger partial charge in [-0.1, -0.05) is 30.3 Å². The molecule has 0 unspecified atom stereocenters. The Morgan fingerprint density at radius 3 is 2.78 bits per heavy atom. The Bertz CT molecular complexity index is 607. The highest BCUT2D eigenvalue weighted by molar-refractivity contribution is 5.94. The minimum atomic E-state index is -0.393. The van der Waals surface area contributed by atoms with Gasteiger partial charge in [0.15, 0.2) is 0 Å². The van der Waals surface area contributed by atoms with Crippen LogP contribution in [0.15, 0.2) is 48.5 Å². The van der Waals surface area contributed by atoms with Gasteiger partial charge in [-0.15, -0.1) is 0 Å². The molecule has 3 heteroatoms. The van der Waals surface area contributed by atoms with Gasteiger partial charge in [-0.25, -0.2) is 4.79 Å². The predicted octanol–water partition coefficient (Wildman–Crippen LogP) is 3.28. The molecule has 1 atom stereocenters. The molecule has 1 aliphatic heterocycles. The first-order valence-electron chi connectivity index (χ1n) is 5.87. The van der Waals surface area contributed by atoms with E-state index in [-0.39, 0.29) is 5.97 Å². The maximum atomic E-state index is 11.7. The summed E-state index contributed by atoms with van der Waals surface area (Å²) in [5, 5.41) is 3.23. The number of fused-ring (bicyclic) bond motifs is 1. The van der Waals surface area contributed by atoms with Crippen molar-refractivity contribution in [2.24, 2.45) is 0 Å². The Hall–Kier alpha value is -2.29. The lowest BCUT2D eigenvalue weighted by Gasteiger charge is -2.14. The molecule has 1 heterocycles. The van der Waals surface area contributed by atoms with Crippen LogP contribution in [0.5, 0.6) is 0 Å². The van der Waals surface area contributed by atoms with Gasteiger partial charge in [0.05, 0.1) is 5.56 Å². The van der Waals surface area contributed by atoms with Gasteiger partial charge in [0.2, 0.25) is 6.23 Å². The largest absolute Gasteiger partial charge is 0.434 e. The molecule has 90 valence electrons. The molecular weight excluding hydrogens is 226 g/mol. The fourth-order valence-electron chi connectivity index (χ4n) is 2.14. The van der Waals surface area contributed by atoms with Crippen molar-refractivity contribution in [3.05, 3.63) is 65.2 Å². The number of carbonyl (C=O) groups excluding carboxylic acids is 1. The molecule has 2 aromatic carbocycles. The number of hydrogen-bond donors (Lipinski definition) is 1. The highest BCUT2D eigenvalue weighted by Gasteiger charge is 2.30. The minimum absolute atomic E-state index is 0.268. The van der Waals surface area contributed by atoms with Gasteiger partial charge >= 0.3 is 5.97 Å². The second-order valence-corrected chi connectivity index (χ2v) is 4.39. The quantitative estimate of drug-likeness (QED) is 0.817. The molecule has 0 fully saturated rings. The van der Waals surface area contributed by atoms with Crippen LogP contribution >= 0.6 is 0 Å². The first-order chi connectivity index (χ1) is 8.74. The third kappa shape index (κ3) is 1.84. The summed E-state index contributed by atoms with van der Waals surface area (Å²) in [6.07, 6.45) is -0.393. The highest BCUT2D eigenvalue weighted by atomic mass is 16.6. The topological polar surface area (TPSA) is 38.3 Å². The summed E-state index contributed by atoms with van der Waals surface area (Å²) >= 11 is 0. The van der Waals surface area contributed by atoms with Crippen LogP contribution in [0.25, 0.3) is 0 Å². The maximum absolute atomic E-state index is 11.7. The zero-order chi connectivity index (χ0) is 12.5. The number of anilines is 1. The van der Waals surface area contributed by atoms with Crippen LogP contribution in [0.1, 0.15) is 27.7 Å². The number of hydrogen-bond acceptors (Lipinski definition) is 3. The Kier molecular flexibility index (Phi) is 2.52. The normalized spacial score (nSPS) is 17.2. The zero-order valence-corrected chi connectivity index (χ0v) is 10.0. The fourth-order valence-corrected chi connectivity index (χ4v) is 2.14. The molecule has 0 radical (unpaired) electrons. The fraction of sp³-hybridized carbons (Fsp3) is 0.133. The highest BCUT2D eigenvalue weighted by Crippen LogP contribution is 2.31. The monoisotopic (exact) mass is 239 g/mol. The van der Waals surface area contributed by atoms with Gasteiger partial charge in [0, 0.05) is 11.3 Å². The van der Waals surface area contributed by atoms with E-state index in [0.29, 0.717) is 5.56 Å². The van der Waals surface area contributed by atoms with Gasteiger partial charge in [-0.05, 0) is 30.7 Å². The summed E-state index contributed by atoms with van der Waals surface area (Å²) in [5.41, 5.74) is 3.65. The summed E-state index contributed by atoms with van der Waals surface area (Å²) in [6.45, 7) is 2.03. The number of rotatable bonds is 2. The average Bonchev–Trinajstić information content (AvgIpc) is 2.67. The summed E-state index contributed by atoms with van der Waals surface area (Å²) in [7, 11) is 0. The van der Waals surface area contributed by atoms with Gasteiger partial charge in [-0.3, -0.25) is 0 Å². The SMILES string of the molecule is Cc1cccc(N[C@H]2OC(=O)c3ccccc32)c1. The van der Waals surface area contributed by atoms with Gasteiger partial charge in [0.25, 0.3) is 0 Å². The molecule has 1 N–H and O–H groups in total. The number of aryl methyl sites for hydroxylation is 1. The van der Waals surface area contributed by atoms with Gasteiger partial charge in [0.1, 0.15) is 0 Å². The van der Waals surface area contributed by atoms with E-state index in [2.05, 4.69) is 5.32 Å². The summed E-state index contributed by atoms with van der Waals surface area (Å²) in [4.78, 5) is 11.7. The molecule has 3 rings (SSSR count). The van der Waals surface area contributed by atoms with E-state index in [9.17, 15) is 4.79 Å². The van der Waals surface area contributed by atoms with E-state index >= 15 is 0 Å². The average molecular weight is 239 g/mol. The van der Waals surface area contributed by atoms with E-state index in [1.807, 2.05) is 49.4 Å². The van der Waals surface area contributed by atoms with Gasteiger partial charge in [-0.2, -0.15) is 0 Å². The van der Waals surface area contributed by atoms with Crippen molar-refractivity contribution in [1.29, 1.82) is 0 Å². The standard InChI is InChI=1S/C15H13NO2/c1-10-5-4-6-11(9-10)16-14-12-7-2-3-8-13(12)15(17)18-14/h2-9,14,16H,1H3/t14-/m0/s1. The first kappa shape index (κ1) is 10.8. The van der Waals surface area contributed by atoms with Crippen LogP contribution in [0.3, 0.4) is 0 Å². The van der Waals surface area contributed by atoms with E-state index < -0.39 is 6.23 Å². The lowest BCUT2D eigenvalue weighted by atomic mass is 10.1. The lowest BCUT2D eigenvalue weighted by Crippen LogP contribution is -2.10. The minimum Gasteiger partial charge on any atom is -0.434 e. The smallest absolute Gasteiger partial charge is 0.340 e. The molecular formula is C15H13NO2. The van der Waals surface area contributed by atoms with Gasteiger partial charge < -0.3 is 10.1 Å². The van der Waals surface area contributed by atoms with Crippen LogP contribution in [0, 0.1) is 6.92 Å². The Balaban J connectivity index is 1.90. The third-order valence-electron chi connectivity index (χ3n) is 3.00. The molecule has 2 aromatic rings. The molecule has 0 amide bonds. The molecule has 0 spiro atoms. The zero-order valence-electron chi connectivity index (χ0n) is 10.0. The number of ether oxygens (including phenoxy) is 1. The number of cyclic esters (lactones) is 1. The molecule has 18 heavy (non-hydrogen) atoms. The number of nitrogens with one attached hydrogen (secondary N) is 1. The summed E-state index contributed by atoms with van der Waals surface area (Å²) in [5.74, 6) is -0.268. The third-order valence-corrected chi connectivity index (χ3v) is 3.00. The van der Waals surface area contributed by atoms with Crippen molar-refractivity contribution in [3.8, 4) is 0 Å². The van der Waals surface area contributed by atoms with Crippen LogP contribution < -0.4 is 5.32 Å². The summed E-state index contributed by atoms with van der Waals surface area (Å²) in [6, 6.07) is 15.4. The molecule has 0 aliphatic carbocycles. The Labute approximate surface area is 105 Å². The molecule has 0 saturated heterocycles. The number of carbonyl (C=O) groups is 1. The van der Waals surface area contributed by atoms with Crippen molar-refractivity contribution in [3.63, 3.8) is 0 Å². The van der Waals surface area contributed by atoms with E-state index in [1.165, 1.54) is 0 Å². The lowest BCUT2D eigenvalue weighted by molar-refractivity contribution is 0.0437. The predicted molar refractivity (Wildman–Crippen MR) is 69.4 cm³/mol. The maximum Gasteiger partial charge on any atom is 0.340 e. The van der Waals surface area contributed by atoms with E-state index in [0.717, 1.165) is 16.8 Å². The Morgan fingerprint density at radius 1 is 1.11 bits per heavy atom. The van der Waals surface area contributed by atoms with E-state index in [1.54, 1.807) is 6.07 Å². The van der Waals surface area contributed by atoms with E-state index in [4.69, 9.17) is 4.74 Å². The Morgan fingerprint density at radius 2 is 1.94 bits per heavy atom. The molecule has 3 nitrogen and oxygen atoms in total. The van der Waals surface area contributed by atoms with Crippen LogP contribution in [-0.4, -0.2) is 5.97 Å². The number of benzene rings is 2. The van der Waals surface area contributed by atoms with Crippen molar-refractivity contribution < 1.29 is 9.53 Å². The molecule has 1 aliphatic rings. The number of esters is 1. The molecule has 0 aromatic heterocycles. The van der Waals surface area contributed by atoms with Crippen LogP contribution in [-0.2, 0) is 4.74 Å². The van der Waals surface area contributed by atoms with Crippen molar-refractivity contribution in [2.75, 3.05) is 5.32 Å². The summed E-state index contributed by atoms with van der Waals surface area (Å²) < 4.78 is 5.33. The molecule has 0 saturated carbocycles. The van der Waals surface area contributed by atoms with Crippen LogP contribution in [0.2, 0.25) is 0 Å². The second-order valence-electron chi connectivity index (χ2n) is 4.39. The van der Waals surface area contributed by atoms with Crippen molar-refractivity contribution in [2.45, 2.75) is 13.2 Å². The van der Waals surface area contributed by atoms with Crippen molar-refractivity contribution >= 4 is 11.7 Å². The molecule has 0 bridgehead atoms.